The molecule has 0 aromatic heterocycles. The van der Waals surface area contributed by atoms with Crippen molar-refractivity contribution in [1.82, 2.24) is 0 Å². The Hall–Kier alpha value is -3.07. The lowest BCUT2D eigenvalue weighted by Crippen LogP contribution is -2.24. The maximum atomic E-state index is 14.2. The lowest BCUT2D eigenvalue weighted by atomic mass is 10.2. The second-order valence-corrected chi connectivity index (χ2v) is 5.80. The van der Waals surface area contributed by atoms with Crippen LogP contribution in [0.25, 0.3) is 0 Å². The van der Waals surface area contributed by atoms with Gasteiger partial charge in [0.05, 0.1) is 17.3 Å². The van der Waals surface area contributed by atoms with Crippen molar-refractivity contribution < 1.29 is 13.9 Å². The zero-order chi connectivity index (χ0) is 17.6. The number of para-hydroxylation sites is 1. The molecular formula is C19H18FN3O2. The van der Waals surface area contributed by atoms with E-state index in [-0.39, 0.29) is 12.3 Å². The highest BCUT2D eigenvalue weighted by Crippen LogP contribution is 2.31. The average Bonchev–Trinajstić information content (AvgIpc) is 3.16. The molecule has 1 amide bonds. The van der Waals surface area contributed by atoms with Gasteiger partial charge in [-0.1, -0.05) is 12.1 Å². The molecule has 2 aromatic rings. The zero-order valence-electron chi connectivity index (χ0n) is 13.7. The molecule has 0 spiro atoms. The third kappa shape index (κ3) is 4.07. The number of anilines is 2. The normalized spacial score (nSPS) is 13.4. The van der Waals surface area contributed by atoms with E-state index in [2.05, 4.69) is 10.2 Å². The van der Waals surface area contributed by atoms with E-state index in [1.807, 2.05) is 6.07 Å². The lowest BCUT2D eigenvalue weighted by Gasteiger charge is -2.22. The maximum absolute atomic E-state index is 14.2. The second-order valence-electron chi connectivity index (χ2n) is 5.80. The monoisotopic (exact) mass is 339 g/mol. The summed E-state index contributed by atoms with van der Waals surface area (Å²) in [6.45, 7) is 1.44. The van der Waals surface area contributed by atoms with Crippen molar-refractivity contribution in [2.45, 2.75) is 12.8 Å². The second kappa shape index (κ2) is 7.67. The van der Waals surface area contributed by atoms with Crippen molar-refractivity contribution in [2.24, 2.45) is 0 Å². The van der Waals surface area contributed by atoms with Gasteiger partial charge in [-0.3, -0.25) is 4.79 Å². The molecule has 1 N–H and O–H groups in total. The molecule has 0 radical (unpaired) electrons. The van der Waals surface area contributed by atoms with Crippen LogP contribution in [0.5, 0.6) is 5.75 Å². The van der Waals surface area contributed by atoms with Gasteiger partial charge in [0.15, 0.2) is 6.61 Å². The van der Waals surface area contributed by atoms with Crippen LogP contribution in [-0.2, 0) is 4.79 Å². The predicted molar refractivity (Wildman–Crippen MR) is 93.1 cm³/mol. The van der Waals surface area contributed by atoms with Crippen molar-refractivity contribution in [2.75, 3.05) is 29.9 Å². The van der Waals surface area contributed by atoms with E-state index in [1.165, 1.54) is 6.07 Å². The van der Waals surface area contributed by atoms with Gasteiger partial charge in [-0.15, -0.1) is 0 Å². The molecule has 6 heteroatoms. The first-order chi connectivity index (χ1) is 12.2. The number of amides is 1. The molecule has 0 atom stereocenters. The van der Waals surface area contributed by atoms with Crippen molar-refractivity contribution in [3.8, 4) is 11.8 Å². The van der Waals surface area contributed by atoms with Gasteiger partial charge in [-0.2, -0.15) is 5.26 Å². The van der Waals surface area contributed by atoms with E-state index in [0.717, 1.165) is 25.9 Å². The molecule has 1 heterocycles. The Labute approximate surface area is 145 Å². The number of ether oxygens (including phenoxy) is 1. The molecule has 0 saturated carbocycles. The van der Waals surface area contributed by atoms with Crippen LogP contribution < -0.4 is 15.0 Å². The first kappa shape index (κ1) is 16.8. The smallest absolute Gasteiger partial charge is 0.262 e. The number of nitrogens with zero attached hydrogens (tertiary/aromatic N) is 2. The van der Waals surface area contributed by atoms with Crippen molar-refractivity contribution >= 4 is 17.3 Å². The van der Waals surface area contributed by atoms with Gasteiger partial charge in [0, 0.05) is 13.1 Å². The van der Waals surface area contributed by atoms with Gasteiger partial charge in [-0.25, -0.2) is 4.39 Å². The van der Waals surface area contributed by atoms with Crippen LogP contribution >= 0.6 is 0 Å². The summed E-state index contributed by atoms with van der Waals surface area (Å²) in [7, 11) is 0. The Morgan fingerprint density at radius 3 is 2.76 bits per heavy atom. The maximum Gasteiger partial charge on any atom is 0.262 e. The zero-order valence-corrected chi connectivity index (χ0v) is 13.7. The number of rotatable bonds is 5. The fourth-order valence-corrected chi connectivity index (χ4v) is 2.84. The highest BCUT2D eigenvalue weighted by Gasteiger charge is 2.19. The summed E-state index contributed by atoms with van der Waals surface area (Å²) in [5, 5.41) is 11.5. The Morgan fingerprint density at radius 2 is 2.00 bits per heavy atom. The third-order valence-electron chi connectivity index (χ3n) is 4.04. The van der Waals surface area contributed by atoms with Crippen LogP contribution in [0.4, 0.5) is 15.8 Å². The number of carbonyl (C=O) groups is 1. The van der Waals surface area contributed by atoms with Crippen LogP contribution in [0.15, 0.2) is 42.5 Å². The number of benzene rings is 2. The molecule has 128 valence electrons. The Bertz CT molecular complexity index is 811. The molecule has 5 nitrogen and oxygen atoms in total. The molecule has 1 aliphatic rings. The quantitative estimate of drug-likeness (QED) is 0.907. The van der Waals surface area contributed by atoms with Gasteiger partial charge in [-0.05, 0) is 43.2 Å². The number of carbonyl (C=O) groups excluding carboxylic acids is 1. The summed E-state index contributed by atoms with van der Waals surface area (Å²) in [5.74, 6) is -0.500. The summed E-state index contributed by atoms with van der Waals surface area (Å²) >= 11 is 0. The SMILES string of the molecule is N#Cc1cccc(OCC(=O)Nc2c(F)cccc2N2CCCC2)c1. The summed E-state index contributed by atoms with van der Waals surface area (Å²) in [5.41, 5.74) is 1.32. The van der Waals surface area contributed by atoms with Crippen LogP contribution in [0.1, 0.15) is 18.4 Å². The Morgan fingerprint density at radius 1 is 1.24 bits per heavy atom. The minimum absolute atomic E-state index is 0.184. The van der Waals surface area contributed by atoms with Crippen LogP contribution in [-0.4, -0.2) is 25.6 Å². The number of halogens is 1. The van der Waals surface area contributed by atoms with E-state index < -0.39 is 11.7 Å². The van der Waals surface area contributed by atoms with E-state index in [4.69, 9.17) is 10.00 Å². The van der Waals surface area contributed by atoms with E-state index >= 15 is 0 Å². The molecule has 0 unspecified atom stereocenters. The molecule has 2 aromatic carbocycles. The number of nitriles is 1. The topological polar surface area (TPSA) is 65.4 Å². The Balaban J connectivity index is 1.67. The van der Waals surface area contributed by atoms with Gasteiger partial charge in [0.1, 0.15) is 17.3 Å². The van der Waals surface area contributed by atoms with Crippen molar-refractivity contribution in [1.29, 1.82) is 5.26 Å². The van der Waals surface area contributed by atoms with Gasteiger partial charge in [0.25, 0.3) is 5.91 Å². The van der Waals surface area contributed by atoms with E-state index in [0.29, 0.717) is 17.0 Å². The molecule has 1 saturated heterocycles. The summed E-state index contributed by atoms with van der Waals surface area (Å²) < 4.78 is 19.6. The fraction of sp³-hybridized carbons (Fsp3) is 0.263. The molecular weight excluding hydrogens is 321 g/mol. The van der Waals surface area contributed by atoms with Crippen molar-refractivity contribution in [3.05, 3.63) is 53.8 Å². The molecule has 3 rings (SSSR count). The van der Waals surface area contributed by atoms with Crippen LogP contribution in [0, 0.1) is 17.1 Å². The lowest BCUT2D eigenvalue weighted by molar-refractivity contribution is -0.118. The van der Waals surface area contributed by atoms with Gasteiger partial charge in [0.2, 0.25) is 0 Å². The molecule has 25 heavy (non-hydrogen) atoms. The van der Waals surface area contributed by atoms with E-state index in [9.17, 15) is 9.18 Å². The summed E-state index contributed by atoms with van der Waals surface area (Å²) in [4.78, 5) is 14.2. The Kier molecular flexibility index (Phi) is 5.14. The van der Waals surface area contributed by atoms with Crippen LogP contribution in [0.2, 0.25) is 0 Å². The first-order valence-corrected chi connectivity index (χ1v) is 8.13. The number of nitrogens with one attached hydrogen (secondary N) is 1. The average molecular weight is 339 g/mol. The first-order valence-electron chi connectivity index (χ1n) is 8.13. The van der Waals surface area contributed by atoms with Gasteiger partial charge < -0.3 is 15.0 Å². The van der Waals surface area contributed by atoms with Gasteiger partial charge >= 0.3 is 0 Å². The van der Waals surface area contributed by atoms with Crippen LogP contribution in [0.3, 0.4) is 0 Å². The van der Waals surface area contributed by atoms with E-state index in [1.54, 1.807) is 36.4 Å². The highest BCUT2D eigenvalue weighted by atomic mass is 19.1. The molecule has 0 aliphatic carbocycles. The number of hydrogen-bond acceptors (Lipinski definition) is 4. The molecule has 0 bridgehead atoms. The molecule has 1 aliphatic heterocycles. The molecule has 1 fully saturated rings. The fourth-order valence-electron chi connectivity index (χ4n) is 2.84. The highest BCUT2D eigenvalue weighted by molar-refractivity contribution is 5.95. The minimum Gasteiger partial charge on any atom is -0.484 e. The predicted octanol–water partition coefficient (Wildman–Crippen LogP) is 3.32. The standard InChI is InChI=1S/C19H18FN3O2/c20-16-7-4-8-17(23-9-1-2-10-23)19(16)22-18(24)13-25-15-6-3-5-14(11-15)12-21/h3-8,11H,1-2,9-10,13H2,(H,22,24). The largest absolute Gasteiger partial charge is 0.484 e. The third-order valence-corrected chi connectivity index (χ3v) is 4.04. The summed E-state index contributed by atoms with van der Waals surface area (Å²) in [6, 6.07) is 13.3. The van der Waals surface area contributed by atoms with Crippen molar-refractivity contribution in [3.63, 3.8) is 0 Å². The summed E-state index contributed by atoms with van der Waals surface area (Å²) in [6.07, 6.45) is 2.12. The minimum atomic E-state index is -0.468. The number of hydrogen-bond donors (Lipinski definition) is 1.